The monoisotopic (exact) mass is 326 g/mol. The van der Waals surface area contributed by atoms with Crippen LogP contribution in [-0.2, 0) is 17.6 Å². The Morgan fingerprint density at radius 3 is 2.61 bits per heavy atom. The maximum Gasteiger partial charge on any atom is 0.262 e. The largest absolute Gasteiger partial charge is 0.357 e. The summed E-state index contributed by atoms with van der Waals surface area (Å²) < 4.78 is 0. The first kappa shape index (κ1) is 14.5. The lowest BCUT2D eigenvalue weighted by molar-refractivity contribution is -0.123. The third kappa shape index (κ3) is 2.36. The summed E-state index contributed by atoms with van der Waals surface area (Å²) in [5.74, 6) is -0.236. The Morgan fingerprint density at radius 2 is 1.87 bits per heavy atom. The van der Waals surface area contributed by atoms with Crippen molar-refractivity contribution in [3.05, 3.63) is 46.3 Å². The molecule has 23 heavy (non-hydrogen) atoms. The lowest BCUT2D eigenvalue weighted by Crippen LogP contribution is -2.47. The van der Waals surface area contributed by atoms with Crippen LogP contribution in [0.25, 0.3) is 10.4 Å². The van der Waals surface area contributed by atoms with Crippen LogP contribution in [0.3, 0.4) is 0 Å². The van der Waals surface area contributed by atoms with E-state index in [0.29, 0.717) is 17.7 Å². The van der Waals surface area contributed by atoms with Crippen LogP contribution in [0, 0.1) is 0 Å². The fourth-order valence-electron chi connectivity index (χ4n) is 3.24. The van der Waals surface area contributed by atoms with Crippen molar-refractivity contribution in [3.63, 3.8) is 0 Å². The van der Waals surface area contributed by atoms with Gasteiger partial charge in [0.05, 0.1) is 4.88 Å². The summed E-state index contributed by atoms with van der Waals surface area (Å²) >= 11 is 1.53. The fraction of sp³-hybridized carbons (Fsp3) is 0.333. The van der Waals surface area contributed by atoms with Crippen molar-refractivity contribution in [1.29, 1.82) is 0 Å². The minimum Gasteiger partial charge on any atom is -0.357 e. The van der Waals surface area contributed by atoms with Crippen LogP contribution in [0.4, 0.5) is 0 Å². The first-order valence-corrected chi connectivity index (χ1v) is 8.70. The van der Waals surface area contributed by atoms with E-state index >= 15 is 0 Å². The standard InChI is InChI=1S/C18H18N2O2S/c1-19-17(22)18(8-9-18)20-16(21)14-10-12-7-6-11-4-2-3-5-13(11)15(12)23-14/h2-5,10H,6-9H2,1H3,(H,19,22)(H,20,21). The highest BCUT2D eigenvalue weighted by Crippen LogP contribution is 2.40. The molecule has 2 aliphatic carbocycles. The molecule has 2 amide bonds. The molecule has 0 saturated heterocycles. The molecule has 2 N–H and O–H groups in total. The Morgan fingerprint density at radius 1 is 1.13 bits per heavy atom. The van der Waals surface area contributed by atoms with Gasteiger partial charge in [-0.1, -0.05) is 24.3 Å². The smallest absolute Gasteiger partial charge is 0.262 e. The van der Waals surface area contributed by atoms with Crippen LogP contribution < -0.4 is 10.6 Å². The quantitative estimate of drug-likeness (QED) is 0.910. The number of fused-ring (bicyclic) bond motifs is 3. The molecule has 0 radical (unpaired) electrons. The molecule has 0 bridgehead atoms. The molecular formula is C18H18N2O2S. The summed E-state index contributed by atoms with van der Waals surface area (Å²) in [6.45, 7) is 0. The molecule has 5 heteroatoms. The molecule has 1 aromatic heterocycles. The molecule has 0 atom stereocenters. The van der Waals surface area contributed by atoms with E-state index in [0.717, 1.165) is 12.8 Å². The zero-order chi connectivity index (χ0) is 16.0. The molecule has 4 nitrogen and oxygen atoms in total. The number of carbonyl (C=O) groups is 2. The Kier molecular flexibility index (Phi) is 3.27. The van der Waals surface area contributed by atoms with E-state index in [2.05, 4.69) is 28.8 Å². The molecule has 2 aliphatic rings. The normalized spacial score (nSPS) is 16.9. The van der Waals surface area contributed by atoms with Crippen LogP contribution in [0.2, 0.25) is 0 Å². The van der Waals surface area contributed by atoms with E-state index < -0.39 is 5.54 Å². The number of nitrogens with one attached hydrogen (secondary N) is 2. The number of likely N-dealkylation sites (N-methyl/N-ethyl adjacent to an activating group) is 1. The van der Waals surface area contributed by atoms with E-state index in [1.165, 1.54) is 32.9 Å². The molecule has 0 spiro atoms. The number of amides is 2. The van der Waals surface area contributed by atoms with Crippen molar-refractivity contribution in [2.75, 3.05) is 7.05 Å². The van der Waals surface area contributed by atoms with Gasteiger partial charge in [-0.15, -0.1) is 11.3 Å². The van der Waals surface area contributed by atoms with E-state index in [-0.39, 0.29) is 11.8 Å². The van der Waals surface area contributed by atoms with Crippen molar-refractivity contribution < 1.29 is 9.59 Å². The minimum absolute atomic E-state index is 0.0995. The van der Waals surface area contributed by atoms with Crippen molar-refractivity contribution in [2.45, 2.75) is 31.2 Å². The molecule has 1 saturated carbocycles. The number of carbonyl (C=O) groups excluding carboxylic acids is 2. The highest BCUT2D eigenvalue weighted by atomic mass is 32.1. The molecule has 1 heterocycles. The second-order valence-electron chi connectivity index (χ2n) is 6.24. The number of hydrogen-bond donors (Lipinski definition) is 2. The summed E-state index contributed by atoms with van der Waals surface area (Å²) in [4.78, 5) is 26.4. The first-order valence-electron chi connectivity index (χ1n) is 7.89. The molecule has 1 fully saturated rings. The van der Waals surface area contributed by atoms with Gasteiger partial charge in [0.15, 0.2) is 0 Å². The first-order chi connectivity index (χ1) is 11.1. The molecule has 0 unspecified atom stereocenters. The fourth-order valence-corrected chi connectivity index (χ4v) is 4.40. The average molecular weight is 326 g/mol. The lowest BCUT2D eigenvalue weighted by atomic mass is 9.91. The van der Waals surface area contributed by atoms with Crippen molar-refractivity contribution in [1.82, 2.24) is 10.6 Å². The number of aryl methyl sites for hydroxylation is 2. The number of hydrogen-bond acceptors (Lipinski definition) is 3. The molecule has 4 rings (SSSR count). The summed E-state index contributed by atoms with van der Waals surface area (Å²) in [5, 5.41) is 5.56. The number of rotatable bonds is 3. The van der Waals surface area contributed by atoms with Crippen LogP contribution in [0.5, 0.6) is 0 Å². The van der Waals surface area contributed by atoms with Gasteiger partial charge in [-0.2, -0.15) is 0 Å². The van der Waals surface area contributed by atoms with Crippen LogP contribution in [0.15, 0.2) is 30.3 Å². The molecular weight excluding hydrogens is 308 g/mol. The van der Waals surface area contributed by atoms with Gasteiger partial charge in [-0.25, -0.2) is 0 Å². The molecule has 0 aliphatic heterocycles. The molecule has 1 aromatic carbocycles. The predicted molar refractivity (Wildman–Crippen MR) is 90.7 cm³/mol. The predicted octanol–water partition coefficient (Wildman–Crippen LogP) is 2.52. The zero-order valence-corrected chi connectivity index (χ0v) is 13.8. The zero-order valence-electron chi connectivity index (χ0n) is 12.9. The summed E-state index contributed by atoms with van der Waals surface area (Å²) in [7, 11) is 1.61. The van der Waals surface area contributed by atoms with E-state index in [1.54, 1.807) is 7.05 Å². The Balaban J connectivity index is 1.62. The third-order valence-corrected chi connectivity index (χ3v) is 5.93. The van der Waals surface area contributed by atoms with Crippen LogP contribution in [0.1, 0.15) is 33.6 Å². The summed E-state index contributed by atoms with van der Waals surface area (Å²) in [6.07, 6.45) is 3.42. The van der Waals surface area contributed by atoms with E-state index in [4.69, 9.17) is 0 Å². The Bertz CT molecular complexity index is 805. The second-order valence-corrected chi connectivity index (χ2v) is 7.29. The minimum atomic E-state index is -0.686. The van der Waals surface area contributed by atoms with Gasteiger partial charge in [-0.3, -0.25) is 9.59 Å². The Labute approximate surface area is 138 Å². The third-order valence-electron chi connectivity index (χ3n) is 4.72. The van der Waals surface area contributed by atoms with Gasteiger partial charge in [0.25, 0.3) is 5.91 Å². The summed E-state index contributed by atoms with van der Waals surface area (Å²) in [5.41, 5.74) is 3.14. The number of benzene rings is 1. The highest BCUT2D eigenvalue weighted by molar-refractivity contribution is 7.17. The SMILES string of the molecule is CNC(=O)C1(NC(=O)c2cc3c(s2)-c2ccccc2CC3)CC1. The van der Waals surface area contributed by atoms with E-state index in [1.807, 2.05) is 12.1 Å². The number of thiophene rings is 1. The maximum atomic E-state index is 12.6. The maximum absolute atomic E-state index is 12.6. The van der Waals surface area contributed by atoms with Crippen molar-refractivity contribution >= 4 is 23.2 Å². The highest BCUT2D eigenvalue weighted by Gasteiger charge is 2.51. The van der Waals surface area contributed by atoms with Crippen LogP contribution >= 0.6 is 11.3 Å². The van der Waals surface area contributed by atoms with Gasteiger partial charge in [0, 0.05) is 11.9 Å². The molecule has 2 aromatic rings. The summed E-state index contributed by atoms with van der Waals surface area (Å²) in [6, 6.07) is 10.4. The van der Waals surface area contributed by atoms with E-state index in [9.17, 15) is 9.59 Å². The molecule has 118 valence electrons. The van der Waals surface area contributed by atoms with Gasteiger partial charge >= 0.3 is 0 Å². The van der Waals surface area contributed by atoms with Gasteiger partial charge < -0.3 is 10.6 Å². The average Bonchev–Trinajstić information content (AvgIpc) is 3.22. The van der Waals surface area contributed by atoms with Gasteiger partial charge in [-0.05, 0) is 48.4 Å². The van der Waals surface area contributed by atoms with Crippen molar-refractivity contribution in [2.24, 2.45) is 0 Å². The van der Waals surface area contributed by atoms with Crippen molar-refractivity contribution in [3.8, 4) is 10.4 Å². The van der Waals surface area contributed by atoms with Gasteiger partial charge in [0.1, 0.15) is 5.54 Å². The van der Waals surface area contributed by atoms with Gasteiger partial charge in [0.2, 0.25) is 5.91 Å². The Hall–Kier alpha value is -2.14. The second kappa shape index (κ2) is 5.20. The van der Waals surface area contributed by atoms with Crippen LogP contribution in [-0.4, -0.2) is 24.4 Å². The lowest BCUT2D eigenvalue weighted by Gasteiger charge is -2.15. The topological polar surface area (TPSA) is 58.2 Å².